The molecule has 3 aromatic carbocycles. The van der Waals surface area contributed by atoms with E-state index < -0.39 is 21.8 Å². The maximum Gasteiger partial charge on any atom is 0.266 e. The highest BCUT2D eigenvalue weighted by molar-refractivity contribution is 7.90. The van der Waals surface area contributed by atoms with E-state index in [0.29, 0.717) is 24.2 Å². The molecule has 13 heteroatoms. The van der Waals surface area contributed by atoms with Gasteiger partial charge in [0.25, 0.3) is 10.0 Å². The first-order valence-corrected chi connectivity index (χ1v) is 18.9. The summed E-state index contributed by atoms with van der Waals surface area (Å²) in [4.78, 5) is 50.8. The van der Waals surface area contributed by atoms with Crippen molar-refractivity contribution in [3.8, 4) is 17.0 Å². The molecule has 3 aliphatic rings. The summed E-state index contributed by atoms with van der Waals surface area (Å²) in [7, 11) is -2.22. The van der Waals surface area contributed by atoms with Crippen molar-refractivity contribution < 1.29 is 27.5 Å². The highest BCUT2D eigenvalue weighted by atomic mass is 32.2. The normalized spacial score (nSPS) is 21.2. The van der Waals surface area contributed by atoms with Crippen LogP contribution in [-0.2, 0) is 24.4 Å². The number of aromatic amines is 1. The van der Waals surface area contributed by atoms with Gasteiger partial charge in [-0.2, -0.15) is 0 Å². The number of likely N-dealkylation sites (tertiary alicyclic amines) is 1. The minimum absolute atomic E-state index is 0.00950. The number of amides is 3. The number of aromatic nitrogens is 1. The standard InChI is InChI=1S/C16H20N2O3S.C16H13NO2.C7H12N2O2/c19-16-13-11-12(13)7-3-1-2-6-10-17-14-8-4-5-9-15(14)22(20,21)18-16;1-19-12-7-8-13-15(9-12)17-14(10-16(13)18)11-5-3-2-4-6-11;1-5(10)9-4-2-3-6(9)7(8)11/h3-5,7-9,12-13,17H,1-2,6,10-11H2,(H,18,19);2-10H,1H3,(H,17,18);6H,2-4H2,1H3,(H2,8,11)/b7-3+;;/t12-,13+;;6-/m1.0/s1. The number of carbonyl (C=O) groups is 3. The van der Waals surface area contributed by atoms with Gasteiger partial charge in [0.05, 0.1) is 18.3 Å². The molecule has 3 heterocycles. The Morgan fingerprint density at radius 1 is 0.942 bits per heavy atom. The Morgan fingerprint density at radius 3 is 2.40 bits per heavy atom. The number of H-pyrrole nitrogens is 1. The van der Waals surface area contributed by atoms with Crippen LogP contribution in [0.25, 0.3) is 22.2 Å². The second kappa shape index (κ2) is 17.2. The zero-order valence-corrected chi connectivity index (χ0v) is 30.2. The molecule has 274 valence electrons. The molecule has 2 fully saturated rings. The van der Waals surface area contributed by atoms with Crippen LogP contribution < -0.4 is 25.9 Å². The second-order valence-corrected chi connectivity index (χ2v) is 14.6. The molecule has 1 aliphatic carbocycles. The van der Waals surface area contributed by atoms with Gasteiger partial charge in [-0.25, -0.2) is 13.1 Å². The number of carbonyl (C=O) groups excluding carboxylic acids is 3. The van der Waals surface area contributed by atoms with Crippen molar-refractivity contribution in [1.82, 2.24) is 14.6 Å². The van der Waals surface area contributed by atoms with Crippen LogP contribution in [0.15, 0.2) is 101 Å². The predicted molar refractivity (Wildman–Crippen MR) is 201 cm³/mol. The number of pyridine rings is 1. The number of hydrogen-bond acceptors (Lipinski definition) is 8. The van der Waals surface area contributed by atoms with Crippen LogP contribution >= 0.6 is 0 Å². The van der Waals surface area contributed by atoms with E-state index >= 15 is 0 Å². The van der Waals surface area contributed by atoms with Crippen LogP contribution in [0.5, 0.6) is 5.75 Å². The number of nitrogens with two attached hydrogens (primary N) is 1. The van der Waals surface area contributed by atoms with Crippen LogP contribution in [0, 0.1) is 11.8 Å². The Labute approximate surface area is 303 Å². The third-order valence-electron chi connectivity index (χ3n) is 9.19. The molecule has 52 heavy (non-hydrogen) atoms. The number of hydrogen-bond donors (Lipinski definition) is 4. The number of ether oxygens (including phenoxy) is 1. The quantitative estimate of drug-likeness (QED) is 0.214. The van der Waals surface area contributed by atoms with E-state index in [4.69, 9.17) is 10.5 Å². The minimum Gasteiger partial charge on any atom is -0.497 e. The number of methoxy groups -OCH3 is 1. The smallest absolute Gasteiger partial charge is 0.266 e. The number of rotatable bonds is 3. The number of nitrogens with zero attached hydrogens (tertiary/aromatic N) is 1. The predicted octanol–water partition coefficient (Wildman–Crippen LogP) is 4.97. The van der Waals surface area contributed by atoms with Crippen LogP contribution in [0.3, 0.4) is 0 Å². The molecule has 4 aromatic rings. The van der Waals surface area contributed by atoms with Crippen molar-refractivity contribution in [3.63, 3.8) is 0 Å². The fraction of sp³-hybridized carbons (Fsp3) is 0.333. The van der Waals surface area contributed by atoms with Gasteiger partial charge in [0.1, 0.15) is 16.7 Å². The molecular formula is C39H45N5O7S. The monoisotopic (exact) mass is 727 g/mol. The first kappa shape index (κ1) is 37.8. The van der Waals surface area contributed by atoms with Gasteiger partial charge in [-0.3, -0.25) is 19.2 Å². The first-order chi connectivity index (χ1) is 25.0. The largest absolute Gasteiger partial charge is 0.497 e. The zero-order valence-electron chi connectivity index (χ0n) is 29.3. The highest BCUT2D eigenvalue weighted by Crippen LogP contribution is 2.40. The molecule has 12 nitrogen and oxygen atoms in total. The number of anilines is 1. The molecule has 0 unspecified atom stereocenters. The Kier molecular flexibility index (Phi) is 12.5. The molecule has 0 radical (unpaired) electrons. The van der Waals surface area contributed by atoms with Gasteiger partial charge in [0.15, 0.2) is 5.43 Å². The average molecular weight is 728 g/mol. The maximum atomic E-state index is 12.4. The lowest BCUT2D eigenvalue weighted by Crippen LogP contribution is -2.42. The van der Waals surface area contributed by atoms with E-state index in [1.807, 2.05) is 42.5 Å². The molecular weight excluding hydrogens is 683 g/mol. The fourth-order valence-electron chi connectivity index (χ4n) is 6.29. The number of allylic oxidation sites excluding steroid dienone is 2. The SMILES string of the molecule is CC(=O)N1CCC[C@H]1C(N)=O.COc1ccc2c(=O)cc(-c3ccccc3)[nH]c2c1.O=C1NS(=O)(=O)c2ccccc2NCCCC/C=C/[C@@H]2C[C@H]12. The number of sulfonamides is 1. The van der Waals surface area contributed by atoms with Crippen LogP contribution in [0.2, 0.25) is 0 Å². The Bertz CT molecular complexity index is 2080. The summed E-state index contributed by atoms with van der Waals surface area (Å²) in [5, 5.41) is 3.82. The molecule has 1 aromatic heterocycles. The van der Waals surface area contributed by atoms with E-state index in [9.17, 15) is 27.6 Å². The van der Waals surface area contributed by atoms with Gasteiger partial charge >= 0.3 is 0 Å². The minimum atomic E-state index is -3.83. The van der Waals surface area contributed by atoms with Crippen molar-refractivity contribution >= 4 is 44.3 Å². The van der Waals surface area contributed by atoms with Gasteiger partial charge in [-0.05, 0) is 74.3 Å². The number of para-hydroxylation sites is 1. The molecule has 7 rings (SSSR count). The summed E-state index contributed by atoms with van der Waals surface area (Å²) in [5.41, 5.74) is 8.23. The fourth-order valence-corrected chi connectivity index (χ4v) is 7.51. The van der Waals surface area contributed by atoms with Gasteiger partial charge < -0.3 is 25.7 Å². The number of fused-ring (bicyclic) bond motifs is 3. The van der Waals surface area contributed by atoms with Crippen molar-refractivity contribution in [2.24, 2.45) is 17.6 Å². The average Bonchev–Trinajstić information content (AvgIpc) is 3.73. The topological polar surface area (TPSA) is 181 Å². The van der Waals surface area contributed by atoms with Gasteiger partial charge in [-0.15, -0.1) is 0 Å². The molecule has 0 spiro atoms. The second-order valence-electron chi connectivity index (χ2n) is 12.9. The molecule has 1 saturated carbocycles. The summed E-state index contributed by atoms with van der Waals surface area (Å²) in [6.07, 6.45) is 9.49. The molecule has 3 amide bonds. The van der Waals surface area contributed by atoms with Gasteiger partial charge in [0, 0.05) is 49.1 Å². The summed E-state index contributed by atoms with van der Waals surface area (Å²) in [5.74, 6) is -0.153. The lowest BCUT2D eigenvalue weighted by Gasteiger charge is -2.19. The van der Waals surface area contributed by atoms with Crippen molar-refractivity contribution in [2.75, 3.05) is 25.5 Å². The van der Waals surface area contributed by atoms with E-state index in [2.05, 4.69) is 21.1 Å². The van der Waals surface area contributed by atoms with Gasteiger partial charge in [0.2, 0.25) is 17.7 Å². The Balaban J connectivity index is 0.000000159. The summed E-state index contributed by atoms with van der Waals surface area (Å²) < 4.78 is 32.3. The molecule has 5 N–H and O–H groups in total. The molecule has 2 aliphatic heterocycles. The van der Waals surface area contributed by atoms with Crippen molar-refractivity contribution in [1.29, 1.82) is 0 Å². The van der Waals surface area contributed by atoms with E-state index in [1.165, 1.54) is 17.9 Å². The maximum absolute atomic E-state index is 12.4. The zero-order chi connectivity index (χ0) is 37.3. The molecule has 0 bridgehead atoms. The molecule has 3 atom stereocenters. The lowest BCUT2D eigenvalue weighted by molar-refractivity contribution is -0.135. The van der Waals surface area contributed by atoms with Crippen molar-refractivity contribution in [2.45, 2.75) is 56.4 Å². The first-order valence-electron chi connectivity index (χ1n) is 17.4. The van der Waals surface area contributed by atoms with E-state index in [0.717, 1.165) is 61.0 Å². The van der Waals surface area contributed by atoms with E-state index in [-0.39, 0.29) is 34.1 Å². The van der Waals surface area contributed by atoms with Crippen LogP contribution in [-0.4, -0.2) is 62.3 Å². The Hall–Kier alpha value is -5.43. The summed E-state index contributed by atoms with van der Waals surface area (Å²) >= 11 is 0. The van der Waals surface area contributed by atoms with Crippen LogP contribution in [0.4, 0.5) is 5.69 Å². The van der Waals surface area contributed by atoms with Crippen molar-refractivity contribution in [3.05, 3.63) is 101 Å². The molecule has 1 saturated heterocycles. The van der Waals surface area contributed by atoms with Crippen LogP contribution in [0.1, 0.15) is 45.4 Å². The number of nitrogens with one attached hydrogen (secondary N) is 3. The number of benzene rings is 3. The Morgan fingerprint density at radius 2 is 1.69 bits per heavy atom. The number of primary amides is 1. The third-order valence-corrected chi connectivity index (χ3v) is 10.6. The highest BCUT2D eigenvalue weighted by Gasteiger charge is 2.42. The summed E-state index contributed by atoms with van der Waals surface area (Å²) in [6, 6.07) is 23.2. The summed E-state index contributed by atoms with van der Waals surface area (Å²) in [6.45, 7) is 2.84. The third kappa shape index (κ3) is 9.66. The van der Waals surface area contributed by atoms with Gasteiger partial charge in [-0.1, -0.05) is 54.6 Å². The van der Waals surface area contributed by atoms with E-state index in [1.54, 1.807) is 43.5 Å². The lowest BCUT2D eigenvalue weighted by atomic mass is 10.1.